The molecular formula is C14H20BrNO2. The Morgan fingerprint density at radius 2 is 2.00 bits per heavy atom. The van der Waals surface area contributed by atoms with Crippen molar-refractivity contribution in [3.8, 4) is 0 Å². The third-order valence-electron chi connectivity index (χ3n) is 3.29. The Morgan fingerprint density at radius 1 is 1.22 bits per heavy atom. The summed E-state index contributed by atoms with van der Waals surface area (Å²) in [6.45, 7) is 4.67. The Morgan fingerprint density at radius 3 is 2.78 bits per heavy atom. The van der Waals surface area contributed by atoms with Crippen LogP contribution in [-0.2, 0) is 4.74 Å². The molecule has 100 valence electrons. The van der Waals surface area contributed by atoms with Crippen molar-refractivity contribution in [1.29, 1.82) is 0 Å². The van der Waals surface area contributed by atoms with Crippen LogP contribution in [0.5, 0.6) is 0 Å². The molecule has 1 aromatic carbocycles. The van der Waals surface area contributed by atoms with E-state index in [9.17, 15) is 5.11 Å². The Labute approximate surface area is 117 Å². The fourth-order valence-corrected chi connectivity index (χ4v) is 2.44. The summed E-state index contributed by atoms with van der Waals surface area (Å²) in [4.78, 5) is 2.37. The molecule has 1 fully saturated rings. The molecule has 0 amide bonds. The van der Waals surface area contributed by atoms with Crippen molar-refractivity contribution in [3.63, 3.8) is 0 Å². The SMILES string of the molecule is OC(CCN1CCCOCC1)c1ccc(Br)cc1. The molecular weight excluding hydrogens is 294 g/mol. The van der Waals surface area contributed by atoms with Crippen LogP contribution in [0.1, 0.15) is 24.5 Å². The smallest absolute Gasteiger partial charge is 0.0802 e. The van der Waals surface area contributed by atoms with Crippen LogP contribution in [-0.4, -0.2) is 42.9 Å². The van der Waals surface area contributed by atoms with E-state index in [0.717, 1.165) is 55.7 Å². The molecule has 0 aromatic heterocycles. The number of benzene rings is 1. The van der Waals surface area contributed by atoms with Crippen LogP contribution in [0.3, 0.4) is 0 Å². The van der Waals surface area contributed by atoms with Crippen LogP contribution in [0, 0.1) is 0 Å². The van der Waals surface area contributed by atoms with Crippen molar-refractivity contribution >= 4 is 15.9 Å². The molecule has 2 rings (SSSR count). The van der Waals surface area contributed by atoms with Crippen molar-refractivity contribution in [2.24, 2.45) is 0 Å². The molecule has 18 heavy (non-hydrogen) atoms. The summed E-state index contributed by atoms with van der Waals surface area (Å²) < 4.78 is 6.46. The fraction of sp³-hybridized carbons (Fsp3) is 0.571. The quantitative estimate of drug-likeness (QED) is 0.927. The number of nitrogens with zero attached hydrogens (tertiary/aromatic N) is 1. The van der Waals surface area contributed by atoms with E-state index < -0.39 is 0 Å². The maximum Gasteiger partial charge on any atom is 0.0802 e. The standard InChI is InChI=1S/C14H20BrNO2/c15-13-4-2-12(3-5-13)14(17)6-8-16-7-1-10-18-11-9-16/h2-5,14,17H,1,6-11H2. The summed E-state index contributed by atoms with van der Waals surface area (Å²) in [7, 11) is 0. The van der Waals surface area contributed by atoms with Gasteiger partial charge in [-0.3, -0.25) is 0 Å². The van der Waals surface area contributed by atoms with Crippen molar-refractivity contribution in [2.45, 2.75) is 18.9 Å². The first-order valence-electron chi connectivity index (χ1n) is 6.49. The molecule has 1 aromatic rings. The lowest BCUT2D eigenvalue weighted by atomic mass is 10.1. The molecule has 0 radical (unpaired) electrons. The zero-order valence-electron chi connectivity index (χ0n) is 10.5. The summed E-state index contributed by atoms with van der Waals surface area (Å²) in [6, 6.07) is 7.89. The first kappa shape index (κ1) is 14.0. The van der Waals surface area contributed by atoms with Gasteiger partial charge >= 0.3 is 0 Å². The van der Waals surface area contributed by atoms with Gasteiger partial charge in [0.25, 0.3) is 0 Å². The number of aliphatic hydroxyl groups excluding tert-OH is 1. The highest BCUT2D eigenvalue weighted by atomic mass is 79.9. The monoisotopic (exact) mass is 313 g/mol. The van der Waals surface area contributed by atoms with Crippen molar-refractivity contribution in [3.05, 3.63) is 34.3 Å². The van der Waals surface area contributed by atoms with Gasteiger partial charge in [-0.25, -0.2) is 0 Å². The van der Waals surface area contributed by atoms with Gasteiger partial charge in [0.05, 0.1) is 12.7 Å². The van der Waals surface area contributed by atoms with Crippen molar-refractivity contribution < 1.29 is 9.84 Å². The van der Waals surface area contributed by atoms with E-state index in [0.29, 0.717) is 0 Å². The van der Waals surface area contributed by atoms with Crippen LogP contribution in [0.15, 0.2) is 28.7 Å². The largest absolute Gasteiger partial charge is 0.388 e. The van der Waals surface area contributed by atoms with Crippen LogP contribution >= 0.6 is 15.9 Å². The first-order valence-corrected chi connectivity index (χ1v) is 7.28. The second-order valence-electron chi connectivity index (χ2n) is 4.66. The van der Waals surface area contributed by atoms with Crippen LogP contribution < -0.4 is 0 Å². The predicted octanol–water partition coefficient (Wildman–Crippen LogP) is 2.59. The Bertz CT molecular complexity index is 347. The first-order chi connectivity index (χ1) is 8.75. The Kier molecular flexibility index (Phi) is 5.63. The van der Waals surface area contributed by atoms with Gasteiger partial charge in [-0.2, -0.15) is 0 Å². The molecule has 1 aliphatic heterocycles. The highest BCUT2D eigenvalue weighted by molar-refractivity contribution is 9.10. The summed E-state index contributed by atoms with van der Waals surface area (Å²) in [5.41, 5.74) is 0.990. The van der Waals surface area contributed by atoms with E-state index >= 15 is 0 Å². The van der Waals surface area contributed by atoms with E-state index in [1.165, 1.54) is 0 Å². The minimum atomic E-state index is -0.373. The van der Waals surface area contributed by atoms with Crippen LogP contribution in [0.4, 0.5) is 0 Å². The number of ether oxygens (including phenoxy) is 1. The van der Waals surface area contributed by atoms with Gasteiger partial charge in [-0.05, 0) is 30.5 Å². The average Bonchev–Trinajstić information content (AvgIpc) is 2.65. The molecule has 0 bridgehead atoms. The molecule has 0 spiro atoms. The van der Waals surface area contributed by atoms with E-state index in [1.54, 1.807) is 0 Å². The molecule has 4 heteroatoms. The fourth-order valence-electron chi connectivity index (χ4n) is 2.18. The molecule has 3 nitrogen and oxygen atoms in total. The zero-order chi connectivity index (χ0) is 12.8. The minimum absolute atomic E-state index is 0.373. The molecule has 1 N–H and O–H groups in total. The number of hydrogen-bond donors (Lipinski definition) is 1. The Hall–Kier alpha value is -0.420. The summed E-state index contributed by atoms with van der Waals surface area (Å²) >= 11 is 3.40. The van der Waals surface area contributed by atoms with Gasteiger partial charge in [-0.1, -0.05) is 28.1 Å². The normalized spacial score (nSPS) is 19.4. The van der Waals surface area contributed by atoms with Gasteiger partial charge in [0.15, 0.2) is 0 Å². The summed E-state index contributed by atoms with van der Waals surface area (Å²) in [5.74, 6) is 0. The van der Waals surface area contributed by atoms with E-state index in [4.69, 9.17) is 4.74 Å². The number of halogens is 1. The van der Waals surface area contributed by atoms with E-state index in [2.05, 4.69) is 20.8 Å². The van der Waals surface area contributed by atoms with Crippen LogP contribution in [0.25, 0.3) is 0 Å². The number of aliphatic hydroxyl groups is 1. The predicted molar refractivity (Wildman–Crippen MR) is 75.6 cm³/mol. The number of rotatable bonds is 4. The van der Waals surface area contributed by atoms with Crippen molar-refractivity contribution in [2.75, 3.05) is 32.8 Å². The highest BCUT2D eigenvalue weighted by Gasteiger charge is 2.12. The molecule has 1 heterocycles. The summed E-state index contributed by atoms with van der Waals surface area (Å²) in [5, 5.41) is 10.1. The van der Waals surface area contributed by atoms with Gasteiger partial charge in [0.2, 0.25) is 0 Å². The van der Waals surface area contributed by atoms with Crippen LogP contribution in [0.2, 0.25) is 0 Å². The Balaban J connectivity index is 1.80. The molecule has 1 saturated heterocycles. The lowest BCUT2D eigenvalue weighted by Crippen LogP contribution is -2.28. The van der Waals surface area contributed by atoms with E-state index in [-0.39, 0.29) is 6.10 Å². The van der Waals surface area contributed by atoms with Gasteiger partial charge in [-0.15, -0.1) is 0 Å². The van der Waals surface area contributed by atoms with Gasteiger partial charge in [0.1, 0.15) is 0 Å². The van der Waals surface area contributed by atoms with Gasteiger partial charge < -0.3 is 14.7 Å². The second kappa shape index (κ2) is 7.24. The third-order valence-corrected chi connectivity index (χ3v) is 3.82. The molecule has 1 unspecified atom stereocenters. The maximum absolute atomic E-state index is 10.1. The average molecular weight is 314 g/mol. The lowest BCUT2D eigenvalue weighted by Gasteiger charge is -2.21. The van der Waals surface area contributed by atoms with Gasteiger partial charge in [0, 0.05) is 30.7 Å². The van der Waals surface area contributed by atoms with E-state index in [1.807, 2.05) is 24.3 Å². The lowest BCUT2D eigenvalue weighted by molar-refractivity contribution is 0.126. The number of hydrogen-bond acceptors (Lipinski definition) is 3. The zero-order valence-corrected chi connectivity index (χ0v) is 12.1. The maximum atomic E-state index is 10.1. The van der Waals surface area contributed by atoms with Crippen molar-refractivity contribution in [1.82, 2.24) is 4.90 Å². The highest BCUT2D eigenvalue weighted by Crippen LogP contribution is 2.19. The second-order valence-corrected chi connectivity index (χ2v) is 5.58. The molecule has 1 atom stereocenters. The molecule has 0 saturated carbocycles. The third kappa shape index (κ3) is 4.35. The summed E-state index contributed by atoms with van der Waals surface area (Å²) in [6.07, 6.45) is 1.50. The minimum Gasteiger partial charge on any atom is -0.388 e. The molecule has 0 aliphatic carbocycles. The molecule has 1 aliphatic rings. The topological polar surface area (TPSA) is 32.7 Å².